The van der Waals surface area contributed by atoms with Crippen molar-refractivity contribution in [3.63, 3.8) is 0 Å². The van der Waals surface area contributed by atoms with Gasteiger partial charge in [0, 0.05) is 13.2 Å². The van der Waals surface area contributed by atoms with Crippen LogP contribution in [0.3, 0.4) is 0 Å². The minimum Gasteiger partial charge on any atom is -0.331 e. The molecule has 0 radical (unpaired) electrons. The number of rotatable bonds is 4. The van der Waals surface area contributed by atoms with Crippen LogP contribution in [0.2, 0.25) is 0 Å². The molecular formula is C18H18FN5O. The van der Waals surface area contributed by atoms with Crippen molar-refractivity contribution < 1.29 is 9.18 Å². The van der Waals surface area contributed by atoms with E-state index in [0.717, 1.165) is 5.69 Å². The molecule has 0 aliphatic rings. The van der Waals surface area contributed by atoms with Crippen molar-refractivity contribution in [2.75, 3.05) is 7.05 Å². The summed E-state index contributed by atoms with van der Waals surface area (Å²) >= 11 is 0. The molecule has 0 saturated heterocycles. The van der Waals surface area contributed by atoms with Crippen LogP contribution < -0.4 is 0 Å². The van der Waals surface area contributed by atoms with Crippen LogP contribution in [-0.4, -0.2) is 37.6 Å². The number of benzene rings is 1. The number of carbonyl (C=O) groups excluding carboxylic acids is 1. The molecule has 0 fully saturated rings. The summed E-state index contributed by atoms with van der Waals surface area (Å²) in [6, 6.07) is 11.2. The van der Waals surface area contributed by atoms with Gasteiger partial charge in [-0.1, -0.05) is 6.07 Å². The van der Waals surface area contributed by atoms with E-state index in [-0.39, 0.29) is 23.6 Å². The van der Waals surface area contributed by atoms with Gasteiger partial charge in [0.25, 0.3) is 5.91 Å². The van der Waals surface area contributed by atoms with Gasteiger partial charge in [-0.15, -0.1) is 5.10 Å². The first kappa shape index (κ1) is 16.8. The number of halogens is 1. The molecule has 2 aromatic heterocycles. The third-order valence-electron chi connectivity index (χ3n) is 4.05. The second kappa shape index (κ2) is 6.80. The highest BCUT2D eigenvalue weighted by Gasteiger charge is 2.24. The second-order valence-corrected chi connectivity index (χ2v) is 5.72. The van der Waals surface area contributed by atoms with Crippen molar-refractivity contribution in [1.29, 1.82) is 0 Å². The Morgan fingerprint density at radius 2 is 1.92 bits per heavy atom. The Hall–Kier alpha value is -3.09. The lowest BCUT2D eigenvalue weighted by Gasteiger charge is -2.23. The number of aromatic nitrogens is 4. The molecule has 0 aliphatic heterocycles. The van der Waals surface area contributed by atoms with Crippen LogP contribution in [0.15, 0.2) is 48.7 Å². The van der Waals surface area contributed by atoms with Crippen molar-refractivity contribution in [3.05, 3.63) is 71.8 Å². The van der Waals surface area contributed by atoms with Gasteiger partial charge >= 0.3 is 0 Å². The van der Waals surface area contributed by atoms with E-state index >= 15 is 0 Å². The summed E-state index contributed by atoms with van der Waals surface area (Å²) in [5.74, 6) is 0.00445. The molecule has 0 bridgehead atoms. The first-order chi connectivity index (χ1) is 12.0. The fourth-order valence-corrected chi connectivity index (χ4v) is 2.46. The predicted molar refractivity (Wildman–Crippen MR) is 90.8 cm³/mol. The van der Waals surface area contributed by atoms with E-state index in [4.69, 9.17) is 0 Å². The van der Waals surface area contributed by atoms with Crippen LogP contribution in [0.5, 0.6) is 0 Å². The Bertz CT molecular complexity index is 876. The molecule has 7 heteroatoms. The number of hydrogen-bond acceptors (Lipinski definition) is 4. The standard InChI is InChI=1S/C18H18FN5O/c1-12(16-6-4-5-11-20-16)23(3)18(25)17-21-13(2)24(22-17)15-9-7-14(19)8-10-15/h4-12H,1-3H3/t12-/m1/s1. The zero-order valence-corrected chi connectivity index (χ0v) is 14.2. The quantitative estimate of drug-likeness (QED) is 0.733. The SMILES string of the molecule is Cc1nc(C(=O)N(C)[C@H](C)c2ccccn2)nn1-c1ccc(F)cc1. The Labute approximate surface area is 145 Å². The number of amides is 1. The average Bonchev–Trinajstić information content (AvgIpc) is 3.03. The van der Waals surface area contributed by atoms with Gasteiger partial charge in [-0.05, 0) is 50.2 Å². The molecular weight excluding hydrogens is 321 g/mol. The summed E-state index contributed by atoms with van der Waals surface area (Å²) < 4.78 is 14.6. The lowest BCUT2D eigenvalue weighted by Crippen LogP contribution is -2.31. The maximum absolute atomic E-state index is 13.1. The molecule has 6 nitrogen and oxygen atoms in total. The summed E-state index contributed by atoms with van der Waals surface area (Å²) in [5.41, 5.74) is 1.43. The van der Waals surface area contributed by atoms with Gasteiger partial charge in [-0.25, -0.2) is 14.1 Å². The van der Waals surface area contributed by atoms with E-state index < -0.39 is 0 Å². The smallest absolute Gasteiger partial charge is 0.293 e. The van der Waals surface area contributed by atoms with Crippen molar-refractivity contribution in [2.45, 2.75) is 19.9 Å². The Balaban J connectivity index is 1.85. The molecule has 1 amide bonds. The monoisotopic (exact) mass is 339 g/mol. The highest BCUT2D eigenvalue weighted by Crippen LogP contribution is 2.18. The Kier molecular flexibility index (Phi) is 4.56. The zero-order valence-electron chi connectivity index (χ0n) is 14.2. The van der Waals surface area contributed by atoms with Crippen LogP contribution in [-0.2, 0) is 0 Å². The fraction of sp³-hybridized carbons (Fsp3) is 0.222. The molecule has 1 aromatic carbocycles. The predicted octanol–water partition coefficient (Wildman–Crippen LogP) is 2.94. The Morgan fingerprint density at radius 3 is 2.56 bits per heavy atom. The third-order valence-corrected chi connectivity index (χ3v) is 4.05. The lowest BCUT2D eigenvalue weighted by atomic mass is 10.2. The van der Waals surface area contributed by atoms with Gasteiger partial charge in [0.1, 0.15) is 11.6 Å². The molecule has 0 unspecified atom stereocenters. The summed E-state index contributed by atoms with van der Waals surface area (Å²) in [6.07, 6.45) is 1.69. The van der Waals surface area contributed by atoms with Crippen molar-refractivity contribution in [3.8, 4) is 5.69 Å². The molecule has 0 aliphatic carbocycles. The lowest BCUT2D eigenvalue weighted by molar-refractivity contribution is 0.0727. The largest absolute Gasteiger partial charge is 0.331 e. The van der Waals surface area contributed by atoms with E-state index in [1.54, 1.807) is 37.2 Å². The molecule has 25 heavy (non-hydrogen) atoms. The topological polar surface area (TPSA) is 63.9 Å². The fourth-order valence-electron chi connectivity index (χ4n) is 2.46. The molecule has 1 atom stereocenters. The van der Waals surface area contributed by atoms with E-state index in [1.807, 2.05) is 25.1 Å². The molecule has 3 aromatic rings. The molecule has 2 heterocycles. The number of carbonyl (C=O) groups is 1. The molecule has 3 rings (SSSR count). The number of aryl methyl sites for hydroxylation is 1. The van der Waals surface area contributed by atoms with Crippen molar-refractivity contribution >= 4 is 5.91 Å². The van der Waals surface area contributed by atoms with Crippen LogP contribution in [0.1, 0.15) is 35.1 Å². The summed E-state index contributed by atoms with van der Waals surface area (Å²) in [5, 5.41) is 4.28. The van der Waals surface area contributed by atoms with E-state index in [2.05, 4.69) is 15.1 Å². The third kappa shape index (κ3) is 3.40. The van der Waals surface area contributed by atoms with Gasteiger partial charge in [-0.3, -0.25) is 9.78 Å². The summed E-state index contributed by atoms with van der Waals surface area (Å²) in [6.45, 7) is 3.64. The van der Waals surface area contributed by atoms with Gasteiger partial charge < -0.3 is 4.90 Å². The normalized spacial score (nSPS) is 12.0. The minimum atomic E-state index is -0.332. The molecule has 0 spiro atoms. The van der Waals surface area contributed by atoms with Gasteiger partial charge in [0.05, 0.1) is 17.4 Å². The summed E-state index contributed by atoms with van der Waals surface area (Å²) in [4.78, 5) is 22.8. The first-order valence-corrected chi connectivity index (χ1v) is 7.85. The Morgan fingerprint density at radius 1 is 1.20 bits per heavy atom. The molecule has 0 N–H and O–H groups in total. The van der Waals surface area contributed by atoms with Gasteiger partial charge in [0.15, 0.2) is 0 Å². The number of hydrogen-bond donors (Lipinski definition) is 0. The average molecular weight is 339 g/mol. The molecule has 128 valence electrons. The van der Waals surface area contributed by atoms with E-state index in [0.29, 0.717) is 11.5 Å². The zero-order chi connectivity index (χ0) is 18.0. The maximum atomic E-state index is 13.1. The minimum absolute atomic E-state index is 0.0899. The number of pyridine rings is 1. The second-order valence-electron chi connectivity index (χ2n) is 5.72. The number of nitrogens with zero attached hydrogens (tertiary/aromatic N) is 5. The highest BCUT2D eigenvalue weighted by molar-refractivity contribution is 5.90. The highest BCUT2D eigenvalue weighted by atomic mass is 19.1. The van der Waals surface area contributed by atoms with E-state index in [9.17, 15) is 9.18 Å². The van der Waals surface area contributed by atoms with Gasteiger partial charge in [0.2, 0.25) is 5.82 Å². The molecule has 0 saturated carbocycles. The van der Waals surface area contributed by atoms with E-state index in [1.165, 1.54) is 16.8 Å². The van der Waals surface area contributed by atoms with Gasteiger partial charge in [-0.2, -0.15) is 0 Å². The van der Waals surface area contributed by atoms with Crippen molar-refractivity contribution in [1.82, 2.24) is 24.6 Å². The van der Waals surface area contributed by atoms with Crippen LogP contribution >= 0.6 is 0 Å². The summed E-state index contributed by atoms with van der Waals surface area (Å²) in [7, 11) is 1.69. The van der Waals surface area contributed by atoms with Crippen LogP contribution in [0.4, 0.5) is 4.39 Å². The van der Waals surface area contributed by atoms with Crippen molar-refractivity contribution in [2.24, 2.45) is 0 Å². The van der Waals surface area contributed by atoms with Crippen LogP contribution in [0, 0.1) is 12.7 Å². The van der Waals surface area contributed by atoms with Crippen LogP contribution in [0.25, 0.3) is 5.69 Å². The maximum Gasteiger partial charge on any atom is 0.293 e. The first-order valence-electron chi connectivity index (χ1n) is 7.85.